The van der Waals surface area contributed by atoms with E-state index in [2.05, 4.69) is 5.48 Å². The van der Waals surface area contributed by atoms with Crippen LogP contribution in [-0.4, -0.2) is 25.2 Å². The van der Waals surface area contributed by atoms with Gasteiger partial charge in [-0.25, -0.2) is 10.5 Å². The molecule has 6 nitrogen and oxygen atoms in total. The number of rotatable bonds is 2. The molecule has 1 aromatic carbocycles. The van der Waals surface area contributed by atoms with E-state index in [0.717, 1.165) is 30.8 Å². The first kappa shape index (κ1) is 11.3. The zero-order valence-corrected chi connectivity index (χ0v) is 9.89. The van der Waals surface area contributed by atoms with Gasteiger partial charge in [0, 0.05) is 12.2 Å². The number of nitrogens with zero attached hydrogens (tertiary/aromatic N) is 1. The molecule has 0 aliphatic carbocycles. The van der Waals surface area contributed by atoms with E-state index >= 15 is 0 Å². The van der Waals surface area contributed by atoms with Gasteiger partial charge in [0.15, 0.2) is 0 Å². The number of nitrogens with one attached hydrogen (secondary N) is 1. The highest BCUT2D eigenvalue weighted by Crippen LogP contribution is 2.35. The molecule has 0 saturated carbocycles. The number of primary amides is 1. The SMILES string of the molecule is NC(=O)c1ccc2c(c1)NON2C1CCCOC1. The number of anilines is 2. The lowest BCUT2D eigenvalue weighted by molar-refractivity contribution is 0.0386. The van der Waals surface area contributed by atoms with Crippen LogP contribution in [0.4, 0.5) is 11.4 Å². The quantitative estimate of drug-likeness (QED) is 0.819. The van der Waals surface area contributed by atoms with Crippen LogP contribution in [0.15, 0.2) is 18.2 Å². The van der Waals surface area contributed by atoms with E-state index in [4.69, 9.17) is 15.4 Å². The van der Waals surface area contributed by atoms with Crippen LogP contribution >= 0.6 is 0 Å². The molecule has 1 aromatic rings. The van der Waals surface area contributed by atoms with Crippen LogP contribution in [0.1, 0.15) is 23.2 Å². The number of amides is 1. The lowest BCUT2D eigenvalue weighted by Crippen LogP contribution is -2.39. The normalized spacial score (nSPS) is 22.4. The Labute approximate surface area is 105 Å². The second-order valence-corrected chi connectivity index (χ2v) is 4.49. The first-order valence-electron chi connectivity index (χ1n) is 5.99. The summed E-state index contributed by atoms with van der Waals surface area (Å²) < 4.78 is 5.45. The van der Waals surface area contributed by atoms with Gasteiger partial charge in [0.25, 0.3) is 0 Å². The van der Waals surface area contributed by atoms with Gasteiger partial charge in [0.05, 0.1) is 24.0 Å². The summed E-state index contributed by atoms with van der Waals surface area (Å²) >= 11 is 0. The highest BCUT2D eigenvalue weighted by molar-refractivity contribution is 5.95. The number of carbonyl (C=O) groups excluding carboxylic acids is 1. The number of ether oxygens (including phenoxy) is 1. The fourth-order valence-corrected chi connectivity index (χ4v) is 2.29. The molecule has 2 aliphatic heterocycles. The van der Waals surface area contributed by atoms with Crippen molar-refractivity contribution in [3.8, 4) is 0 Å². The summed E-state index contributed by atoms with van der Waals surface area (Å²) in [5.74, 6) is -0.445. The third-order valence-electron chi connectivity index (χ3n) is 3.24. The van der Waals surface area contributed by atoms with Crippen molar-refractivity contribution in [1.82, 2.24) is 0 Å². The number of fused-ring (bicyclic) bond motifs is 1. The third kappa shape index (κ3) is 1.89. The average molecular weight is 249 g/mol. The number of benzene rings is 1. The van der Waals surface area contributed by atoms with Crippen molar-refractivity contribution in [3.63, 3.8) is 0 Å². The maximum atomic E-state index is 11.1. The van der Waals surface area contributed by atoms with Crippen LogP contribution in [-0.2, 0) is 9.68 Å². The fourth-order valence-electron chi connectivity index (χ4n) is 2.29. The molecule has 1 unspecified atom stereocenters. The summed E-state index contributed by atoms with van der Waals surface area (Å²) in [6.45, 7) is 1.46. The molecule has 3 rings (SSSR count). The highest BCUT2D eigenvalue weighted by atomic mass is 16.8. The van der Waals surface area contributed by atoms with Gasteiger partial charge in [-0.1, -0.05) is 0 Å². The molecule has 6 heteroatoms. The molecule has 96 valence electrons. The number of hydrogen-bond acceptors (Lipinski definition) is 5. The molecule has 1 saturated heterocycles. The summed E-state index contributed by atoms with van der Waals surface area (Å²) in [7, 11) is 0. The number of carbonyl (C=O) groups is 1. The molecule has 0 bridgehead atoms. The Hall–Kier alpha value is -1.79. The lowest BCUT2D eigenvalue weighted by Gasteiger charge is -2.29. The van der Waals surface area contributed by atoms with Crippen LogP contribution in [0.25, 0.3) is 0 Å². The summed E-state index contributed by atoms with van der Waals surface area (Å²) in [5.41, 5.74) is 10.2. The summed E-state index contributed by atoms with van der Waals surface area (Å²) in [6, 6.07) is 5.44. The molecule has 18 heavy (non-hydrogen) atoms. The van der Waals surface area contributed by atoms with Gasteiger partial charge in [-0.3, -0.25) is 4.79 Å². The van der Waals surface area contributed by atoms with Crippen LogP contribution in [0.5, 0.6) is 0 Å². The summed E-state index contributed by atoms with van der Waals surface area (Å²) in [4.78, 5) is 16.6. The Balaban J connectivity index is 1.85. The van der Waals surface area contributed by atoms with Gasteiger partial charge in [0.1, 0.15) is 0 Å². The van der Waals surface area contributed by atoms with Crippen molar-refractivity contribution >= 4 is 17.3 Å². The Morgan fingerprint density at radius 1 is 1.50 bits per heavy atom. The molecule has 2 heterocycles. The van der Waals surface area contributed by atoms with Crippen LogP contribution in [0.3, 0.4) is 0 Å². The molecule has 0 spiro atoms. The Morgan fingerprint density at radius 2 is 2.39 bits per heavy atom. The van der Waals surface area contributed by atoms with Crippen molar-refractivity contribution in [2.24, 2.45) is 5.73 Å². The van der Waals surface area contributed by atoms with E-state index in [1.54, 1.807) is 17.2 Å². The van der Waals surface area contributed by atoms with Gasteiger partial charge in [-0.2, -0.15) is 4.94 Å². The first-order chi connectivity index (χ1) is 8.75. The third-order valence-corrected chi connectivity index (χ3v) is 3.24. The Bertz CT molecular complexity index is 472. The van der Waals surface area contributed by atoms with Crippen LogP contribution < -0.4 is 16.3 Å². The molecule has 3 N–H and O–H groups in total. The minimum absolute atomic E-state index is 0.201. The average Bonchev–Trinajstić information content (AvgIpc) is 2.82. The molecule has 1 fully saturated rings. The standard InChI is InChI=1S/C12H15N3O3/c13-12(16)8-3-4-11-10(6-8)14-18-15(11)9-2-1-5-17-7-9/h3-4,6,9,14H,1-2,5,7H2,(H2,13,16). The van der Waals surface area contributed by atoms with E-state index in [1.807, 2.05) is 6.07 Å². The number of nitrogens with two attached hydrogens (primary N) is 1. The summed E-state index contributed by atoms with van der Waals surface area (Å²) in [5, 5.41) is 1.80. The molecule has 0 radical (unpaired) electrons. The van der Waals surface area contributed by atoms with Gasteiger partial charge in [0.2, 0.25) is 5.91 Å². The maximum absolute atomic E-state index is 11.1. The molecular formula is C12H15N3O3. The summed E-state index contributed by atoms with van der Waals surface area (Å²) in [6.07, 6.45) is 2.05. The second-order valence-electron chi connectivity index (χ2n) is 4.49. The van der Waals surface area contributed by atoms with E-state index in [9.17, 15) is 4.79 Å². The number of hydroxylamine groups is 1. The molecule has 1 amide bonds. The predicted octanol–water partition coefficient (Wildman–Crippen LogP) is 1.04. The van der Waals surface area contributed by atoms with Gasteiger partial charge in [-0.05, 0) is 31.0 Å². The first-order valence-corrected chi connectivity index (χ1v) is 5.99. The fraction of sp³-hybridized carbons (Fsp3) is 0.417. The zero-order chi connectivity index (χ0) is 12.5. The van der Waals surface area contributed by atoms with E-state index in [0.29, 0.717) is 12.2 Å². The van der Waals surface area contributed by atoms with Crippen molar-refractivity contribution in [3.05, 3.63) is 23.8 Å². The Morgan fingerprint density at radius 3 is 3.11 bits per heavy atom. The maximum Gasteiger partial charge on any atom is 0.248 e. The minimum atomic E-state index is -0.445. The van der Waals surface area contributed by atoms with E-state index < -0.39 is 5.91 Å². The molecule has 0 aromatic heterocycles. The van der Waals surface area contributed by atoms with E-state index in [1.165, 1.54) is 0 Å². The van der Waals surface area contributed by atoms with Gasteiger partial charge in [-0.15, -0.1) is 0 Å². The second kappa shape index (κ2) is 4.47. The highest BCUT2D eigenvalue weighted by Gasteiger charge is 2.29. The van der Waals surface area contributed by atoms with E-state index in [-0.39, 0.29) is 6.04 Å². The van der Waals surface area contributed by atoms with Crippen LogP contribution in [0.2, 0.25) is 0 Å². The molecule has 1 atom stereocenters. The Kier molecular flexibility index (Phi) is 2.81. The van der Waals surface area contributed by atoms with Crippen molar-refractivity contribution in [1.29, 1.82) is 0 Å². The zero-order valence-electron chi connectivity index (χ0n) is 9.89. The smallest absolute Gasteiger partial charge is 0.248 e. The predicted molar refractivity (Wildman–Crippen MR) is 66.0 cm³/mol. The van der Waals surface area contributed by atoms with Crippen molar-refractivity contribution in [2.75, 3.05) is 23.8 Å². The van der Waals surface area contributed by atoms with Crippen LogP contribution in [0, 0.1) is 0 Å². The largest absolute Gasteiger partial charge is 0.379 e. The minimum Gasteiger partial charge on any atom is -0.379 e. The van der Waals surface area contributed by atoms with Gasteiger partial charge >= 0.3 is 0 Å². The molecular weight excluding hydrogens is 234 g/mol. The van der Waals surface area contributed by atoms with Crippen molar-refractivity contribution in [2.45, 2.75) is 18.9 Å². The molecule has 2 aliphatic rings. The topological polar surface area (TPSA) is 76.8 Å². The number of hydrogen-bond donors (Lipinski definition) is 2. The van der Waals surface area contributed by atoms with Crippen molar-refractivity contribution < 1.29 is 14.5 Å². The monoisotopic (exact) mass is 249 g/mol. The lowest BCUT2D eigenvalue weighted by atomic mass is 10.1. The van der Waals surface area contributed by atoms with Gasteiger partial charge < -0.3 is 10.5 Å².